The fraction of sp³-hybridized carbons (Fsp3) is 0.444. The van der Waals surface area contributed by atoms with Crippen LogP contribution in [0.3, 0.4) is 0 Å². The number of pyridine rings is 1. The Morgan fingerprint density at radius 2 is 1.82 bits per heavy atom. The van der Waals surface area contributed by atoms with E-state index in [1.165, 1.54) is 4.90 Å². The van der Waals surface area contributed by atoms with Crippen molar-refractivity contribution in [2.24, 2.45) is 5.92 Å². The summed E-state index contributed by atoms with van der Waals surface area (Å²) in [4.78, 5) is 31.7. The van der Waals surface area contributed by atoms with E-state index in [1.54, 1.807) is 42.7 Å². The zero-order valence-electron chi connectivity index (χ0n) is 20.6. The van der Waals surface area contributed by atoms with E-state index < -0.39 is 17.7 Å². The van der Waals surface area contributed by atoms with Gasteiger partial charge in [0.1, 0.15) is 11.5 Å². The minimum Gasteiger partial charge on any atom is -0.507 e. The Morgan fingerprint density at radius 1 is 1.12 bits per heavy atom. The smallest absolute Gasteiger partial charge is 0.295 e. The molecule has 1 saturated heterocycles. The number of ether oxygens (including phenoxy) is 2. The summed E-state index contributed by atoms with van der Waals surface area (Å²) >= 11 is 0. The summed E-state index contributed by atoms with van der Waals surface area (Å²) in [6.07, 6.45) is 3.89. The average Bonchev–Trinajstić information content (AvgIpc) is 3.05. The Hall–Kier alpha value is -3.19. The minimum atomic E-state index is -0.695. The van der Waals surface area contributed by atoms with Gasteiger partial charge in [0.05, 0.1) is 24.3 Å². The van der Waals surface area contributed by atoms with Crippen LogP contribution in [0.25, 0.3) is 5.76 Å². The molecule has 182 valence electrons. The van der Waals surface area contributed by atoms with Gasteiger partial charge in [0.15, 0.2) is 0 Å². The van der Waals surface area contributed by atoms with Crippen molar-refractivity contribution in [3.63, 3.8) is 0 Å². The van der Waals surface area contributed by atoms with Crippen molar-refractivity contribution in [3.05, 3.63) is 65.0 Å². The van der Waals surface area contributed by atoms with Gasteiger partial charge >= 0.3 is 0 Å². The van der Waals surface area contributed by atoms with Gasteiger partial charge in [-0.25, -0.2) is 0 Å². The Morgan fingerprint density at radius 3 is 2.44 bits per heavy atom. The molecule has 0 bridgehead atoms. The molecule has 0 radical (unpaired) electrons. The van der Waals surface area contributed by atoms with Gasteiger partial charge in [-0.05, 0) is 74.6 Å². The van der Waals surface area contributed by atoms with E-state index in [1.807, 2.05) is 20.8 Å². The predicted molar refractivity (Wildman–Crippen MR) is 130 cm³/mol. The lowest BCUT2D eigenvalue weighted by molar-refractivity contribution is -0.140. The van der Waals surface area contributed by atoms with Crippen LogP contribution in [0.15, 0.2) is 48.3 Å². The molecule has 2 heterocycles. The number of amides is 1. The van der Waals surface area contributed by atoms with Crippen molar-refractivity contribution in [1.29, 1.82) is 0 Å². The van der Waals surface area contributed by atoms with Gasteiger partial charge in [0.25, 0.3) is 11.7 Å². The molecule has 7 heteroatoms. The SMILES string of the molecule is Cc1cc(/C(O)=C2/C(=O)C(=O)N(CCCOC(C)C)C2c2ccncc2)ccc1OCC(C)C. The maximum absolute atomic E-state index is 13.1. The van der Waals surface area contributed by atoms with Crippen LogP contribution in [0, 0.1) is 12.8 Å². The summed E-state index contributed by atoms with van der Waals surface area (Å²) in [6, 6.07) is 8.10. The number of Topliss-reactive ketones (excluding diaryl/α,β-unsaturated/α-hetero) is 1. The van der Waals surface area contributed by atoms with Crippen molar-refractivity contribution >= 4 is 17.4 Å². The van der Waals surface area contributed by atoms with E-state index in [0.717, 1.165) is 11.3 Å². The summed E-state index contributed by atoms with van der Waals surface area (Å²) in [7, 11) is 0. The molecule has 1 unspecified atom stereocenters. The second-order valence-corrected chi connectivity index (χ2v) is 9.23. The van der Waals surface area contributed by atoms with Gasteiger partial charge in [-0.3, -0.25) is 14.6 Å². The molecule has 34 heavy (non-hydrogen) atoms. The topological polar surface area (TPSA) is 89.0 Å². The predicted octanol–water partition coefficient (Wildman–Crippen LogP) is 4.66. The fourth-order valence-corrected chi connectivity index (χ4v) is 3.93. The number of benzene rings is 1. The van der Waals surface area contributed by atoms with Gasteiger partial charge < -0.3 is 19.5 Å². The standard InChI is InChI=1S/C27H34N2O5/c1-17(2)16-34-22-8-7-21(15-19(22)5)25(30)23-24(20-9-11-28-12-10-20)29(27(32)26(23)31)13-6-14-33-18(3)4/h7-12,15,17-18,24,30H,6,13-14,16H2,1-5H3/b25-23-. The molecule has 1 aromatic carbocycles. The number of carbonyl (C=O) groups is 2. The molecule has 0 aliphatic carbocycles. The molecule has 1 atom stereocenters. The number of nitrogens with zero attached hydrogens (tertiary/aromatic N) is 2. The van der Waals surface area contributed by atoms with Gasteiger partial charge in [0, 0.05) is 31.1 Å². The maximum Gasteiger partial charge on any atom is 0.295 e. The molecule has 0 spiro atoms. The fourth-order valence-electron chi connectivity index (χ4n) is 3.93. The Balaban J connectivity index is 1.97. The van der Waals surface area contributed by atoms with Crippen molar-refractivity contribution in [2.75, 3.05) is 19.8 Å². The maximum atomic E-state index is 13.1. The molecule has 1 fully saturated rings. The van der Waals surface area contributed by atoms with Crippen LogP contribution in [0.5, 0.6) is 5.75 Å². The molecule has 1 aromatic heterocycles. The molecule has 1 aliphatic rings. The first-order valence-corrected chi connectivity index (χ1v) is 11.7. The molecule has 3 rings (SSSR count). The van der Waals surface area contributed by atoms with Crippen LogP contribution in [0.2, 0.25) is 0 Å². The van der Waals surface area contributed by atoms with Crippen LogP contribution in [0.1, 0.15) is 56.8 Å². The van der Waals surface area contributed by atoms with Crippen LogP contribution in [0.4, 0.5) is 0 Å². The monoisotopic (exact) mass is 466 g/mol. The normalized spacial score (nSPS) is 17.7. The molecule has 2 aromatic rings. The van der Waals surface area contributed by atoms with Crippen LogP contribution in [-0.2, 0) is 14.3 Å². The number of rotatable bonds is 10. The molecule has 1 aliphatic heterocycles. The number of likely N-dealkylation sites (tertiary alicyclic amines) is 1. The molecule has 0 saturated carbocycles. The Labute approximate surface area is 201 Å². The molecular weight excluding hydrogens is 432 g/mol. The number of aryl methyl sites for hydroxylation is 1. The first-order chi connectivity index (χ1) is 16.2. The third kappa shape index (κ3) is 5.83. The highest BCUT2D eigenvalue weighted by Crippen LogP contribution is 2.39. The van der Waals surface area contributed by atoms with Gasteiger partial charge in [0.2, 0.25) is 0 Å². The van der Waals surface area contributed by atoms with E-state index in [9.17, 15) is 14.7 Å². The first kappa shape index (κ1) is 25.4. The number of hydrogen-bond acceptors (Lipinski definition) is 6. The molecule has 7 nitrogen and oxygen atoms in total. The number of aliphatic hydroxyl groups is 1. The summed E-state index contributed by atoms with van der Waals surface area (Å²) in [6.45, 7) is 11.3. The number of aromatic nitrogens is 1. The largest absolute Gasteiger partial charge is 0.507 e. The summed E-state index contributed by atoms with van der Waals surface area (Å²) in [5, 5.41) is 11.2. The lowest BCUT2D eigenvalue weighted by Gasteiger charge is -2.25. The van der Waals surface area contributed by atoms with Crippen LogP contribution >= 0.6 is 0 Å². The van der Waals surface area contributed by atoms with Gasteiger partial charge in [-0.15, -0.1) is 0 Å². The Bertz CT molecular complexity index is 1050. The summed E-state index contributed by atoms with van der Waals surface area (Å²) in [5.74, 6) is -0.403. The molecular formula is C27H34N2O5. The van der Waals surface area contributed by atoms with Crippen LogP contribution < -0.4 is 4.74 Å². The lowest BCUT2D eigenvalue weighted by atomic mass is 9.95. The van der Waals surface area contributed by atoms with E-state index in [-0.39, 0.29) is 17.4 Å². The van der Waals surface area contributed by atoms with Crippen molar-refractivity contribution in [2.45, 2.75) is 53.2 Å². The molecule has 1 N–H and O–H groups in total. The Kier molecular flexibility index (Phi) is 8.45. The highest BCUT2D eigenvalue weighted by Gasteiger charge is 2.45. The third-order valence-corrected chi connectivity index (χ3v) is 5.58. The van der Waals surface area contributed by atoms with E-state index in [0.29, 0.717) is 43.2 Å². The van der Waals surface area contributed by atoms with Crippen molar-refractivity contribution < 1.29 is 24.2 Å². The quantitative estimate of drug-likeness (QED) is 0.237. The second kappa shape index (κ2) is 11.3. The van der Waals surface area contributed by atoms with E-state index >= 15 is 0 Å². The highest BCUT2D eigenvalue weighted by molar-refractivity contribution is 6.46. The van der Waals surface area contributed by atoms with Crippen molar-refractivity contribution in [3.8, 4) is 5.75 Å². The lowest BCUT2D eigenvalue weighted by Crippen LogP contribution is -2.31. The molecule has 1 amide bonds. The van der Waals surface area contributed by atoms with Gasteiger partial charge in [-0.1, -0.05) is 13.8 Å². The summed E-state index contributed by atoms with van der Waals surface area (Å²) < 4.78 is 11.4. The summed E-state index contributed by atoms with van der Waals surface area (Å²) in [5.41, 5.74) is 2.10. The minimum absolute atomic E-state index is 0.0798. The average molecular weight is 467 g/mol. The highest BCUT2D eigenvalue weighted by atomic mass is 16.5. The third-order valence-electron chi connectivity index (χ3n) is 5.58. The zero-order chi connectivity index (χ0) is 24.8. The van der Waals surface area contributed by atoms with Gasteiger partial charge in [-0.2, -0.15) is 0 Å². The van der Waals surface area contributed by atoms with E-state index in [2.05, 4.69) is 18.8 Å². The van der Waals surface area contributed by atoms with E-state index in [4.69, 9.17) is 9.47 Å². The number of aliphatic hydroxyl groups excluding tert-OH is 1. The number of hydrogen-bond donors (Lipinski definition) is 1. The first-order valence-electron chi connectivity index (χ1n) is 11.7. The number of carbonyl (C=O) groups excluding carboxylic acids is 2. The zero-order valence-corrected chi connectivity index (χ0v) is 20.6. The second-order valence-electron chi connectivity index (χ2n) is 9.23. The number of ketones is 1. The van der Waals surface area contributed by atoms with Crippen molar-refractivity contribution in [1.82, 2.24) is 9.88 Å². The van der Waals surface area contributed by atoms with Crippen LogP contribution in [-0.4, -0.2) is 52.5 Å².